The van der Waals surface area contributed by atoms with Gasteiger partial charge in [0.05, 0.1) is 12.3 Å². The molecule has 5 rings (SSSR count). The van der Waals surface area contributed by atoms with Crippen LogP contribution in [-0.4, -0.2) is 34.0 Å². The van der Waals surface area contributed by atoms with Gasteiger partial charge in [-0.1, -0.05) is 12.5 Å². The number of hydrogen-bond acceptors (Lipinski definition) is 3. The lowest BCUT2D eigenvalue weighted by molar-refractivity contribution is 0.0606. The molecule has 0 radical (unpaired) electrons. The average molecular weight is 383 g/mol. The highest BCUT2D eigenvalue weighted by Gasteiger charge is 2.50. The van der Waals surface area contributed by atoms with Gasteiger partial charge in [0.1, 0.15) is 11.4 Å². The van der Waals surface area contributed by atoms with Crippen molar-refractivity contribution in [2.45, 2.75) is 25.8 Å². The van der Waals surface area contributed by atoms with Crippen molar-refractivity contribution in [3.8, 4) is 5.75 Å². The molecule has 2 aromatic heterocycles. The maximum Gasteiger partial charge on any atom is 0.162 e. The molecule has 1 atom stereocenters. The van der Waals surface area contributed by atoms with E-state index in [1.54, 1.807) is 0 Å². The predicted molar refractivity (Wildman–Crippen MR) is 102 cm³/mol. The van der Waals surface area contributed by atoms with E-state index in [0.717, 1.165) is 43.1 Å². The second kappa shape index (κ2) is 6.85. The number of hydrogen-bond donors (Lipinski definition) is 0. The first-order chi connectivity index (χ1) is 13.6. The standard InChI is InChI=1S/C22H23F2N3O/c23-19-6-5-18(10-20(19)24)28-14-16-11-26(15-22(16)7-3-8-22)12-17-13-27-9-2-1-4-21(27)25-17/h1-2,4-6,9-10,13,16H,3,7-8,11-12,14-15H2. The molecule has 1 aliphatic heterocycles. The molecule has 3 aromatic rings. The summed E-state index contributed by atoms with van der Waals surface area (Å²) in [6.45, 7) is 3.35. The zero-order valence-electron chi connectivity index (χ0n) is 15.7. The van der Waals surface area contributed by atoms with Crippen molar-refractivity contribution in [2.24, 2.45) is 11.3 Å². The molecule has 3 heterocycles. The van der Waals surface area contributed by atoms with E-state index in [1.165, 1.54) is 25.3 Å². The number of likely N-dealkylation sites (tertiary alicyclic amines) is 1. The third-order valence-electron chi connectivity index (χ3n) is 6.37. The summed E-state index contributed by atoms with van der Waals surface area (Å²) in [5.74, 6) is -0.920. The van der Waals surface area contributed by atoms with Crippen LogP contribution in [0.1, 0.15) is 25.0 Å². The zero-order valence-corrected chi connectivity index (χ0v) is 15.7. The van der Waals surface area contributed by atoms with Gasteiger partial charge in [0.2, 0.25) is 0 Å². The fourth-order valence-corrected chi connectivity index (χ4v) is 4.75. The van der Waals surface area contributed by atoms with Crippen LogP contribution in [-0.2, 0) is 6.54 Å². The number of imidazole rings is 1. The third-order valence-corrected chi connectivity index (χ3v) is 6.37. The number of nitrogens with zero attached hydrogens (tertiary/aromatic N) is 3. The lowest BCUT2D eigenvalue weighted by Crippen LogP contribution is -2.39. The summed E-state index contributed by atoms with van der Waals surface area (Å²) in [7, 11) is 0. The van der Waals surface area contributed by atoms with Gasteiger partial charge >= 0.3 is 0 Å². The van der Waals surface area contributed by atoms with Crippen LogP contribution < -0.4 is 4.74 Å². The SMILES string of the molecule is Fc1ccc(OCC2CN(Cc3cn4ccccc4n3)CC23CCC3)cc1F. The Morgan fingerprint density at radius 1 is 1.14 bits per heavy atom. The first kappa shape index (κ1) is 17.6. The maximum atomic E-state index is 13.4. The summed E-state index contributed by atoms with van der Waals surface area (Å²) in [6.07, 6.45) is 7.78. The Bertz CT molecular complexity index is 965. The molecule has 2 fully saturated rings. The zero-order chi connectivity index (χ0) is 19.1. The highest BCUT2D eigenvalue weighted by Crippen LogP contribution is 2.52. The quantitative estimate of drug-likeness (QED) is 0.658. The van der Waals surface area contributed by atoms with Crippen molar-refractivity contribution in [2.75, 3.05) is 19.7 Å². The van der Waals surface area contributed by atoms with Gasteiger partial charge < -0.3 is 9.14 Å². The van der Waals surface area contributed by atoms with Gasteiger partial charge in [-0.15, -0.1) is 0 Å². The van der Waals surface area contributed by atoms with E-state index in [9.17, 15) is 8.78 Å². The Labute approximate surface area is 162 Å². The minimum absolute atomic E-state index is 0.289. The number of pyridine rings is 1. The van der Waals surface area contributed by atoms with Gasteiger partial charge in [-0.25, -0.2) is 13.8 Å². The normalized spacial score (nSPS) is 21.3. The first-order valence-electron chi connectivity index (χ1n) is 9.84. The van der Waals surface area contributed by atoms with Gasteiger partial charge in [0.25, 0.3) is 0 Å². The van der Waals surface area contributed by atoms with Crippen LogP contribution in [0.15, 0.2) is 48.8 Å². The monoisotopic (exact) mass is 383 g/mol. The van der Waals surface area contributed by atoms with Crippen LogP contribution in [0.2, 0.25) is 0 Å². The Morgan fingerprint density at radius 2 is 2.04 bits per heavy atom. The van der Waals surface area contributed by atoms with Crippen LogP contribution in [0.4, 0.5) is 8.78 Å². The van der Waals surface area contributed by atoms with Crippen molar-refractivity contribution in [3.63, 3.8) is 0 Å². The Morgan fingerprint density at radius 3 is 2.79 bits per heavy atom. The molecule has 6 heteroatoms. The molecule has 1 saturated heterocycles. The molecule has 1 spiro atoms. The number of halogens is 2. The second-order valence-corrected chi connectivity index (χ2v) is 8.17. The van der Waals surface area contributed by atoms with Crippen LogP contribution in [0.5, 0.6) is 5.75 Å². The van der Waals surface area contributed by atoms with E-state index < -0.39 is 11.6 Å². The summed E-state index contributed by atoms with van der Waals surface area (Å²) in [4.78, 5) is 7.18. The summed E-state index contributed by atoms with van der Waals surface area (Å²) < 4.78 is 34.4. The van der Waals surface area contributed by atoms with Gasteiger partial charge in [-0.3, -0.25) is 4.90 Å². The summed E-state index contributed by atoms with van der Waals surface area (Å²) in [6, 6.07) is 9.76. The van der Waals surface area contributed by atoms with Gasteiger partial charge in [-0.05, 0) is 42.5 Å². The van der Waals surface area contributed by atoms with Gasteiger partial charge in [-0.2, -0.15) is 0 Å². The van der Waals surface area contributed by atoms with Crippen LogP contribution in [0.25, 0.3) is 5.65 Å². The molecule has 4 nitrogen and oxygen atoms in total. The number of rotatable bonds is 5. The minimum atomic E-state index is -0.865. The Kier molecular flexibility index (Phi) is 4.31. The number of fused-ring (bicyclic) bond motifs is 1. The van der Waals surface area contributed by atoms with Crippen molar-refractivity contribution in [1.29, 1.82) is 0 Å². The molecular formula is C22H23F2N3O. The Hall–Kier alpha value is -2.47. The van der Waals surface area contributed by atoms with E-state index in [-0.39, 0.29) is 5.41 Å². The molecule has 1 saturated carbocycles. The fourth-order valence-electron chi connectivity index (χ4n) is 4.75. The molecular weight excluding hydrogens is 360 g/mol. The lowest BCUT2D eigenvalue weighted by Gasteiger charge is -2.42. The predicted octanol–water partition coefficient (Wildman–Crippen LogP) is 4.29. The topological polar surface area (TPSA) is 29.8 Å². The summed E-state index contributed by atoms with van der Waals surface area (Å²) in [5, 5.41) is 0. The lowest BCUT2D eigenvalue weighted by atomic mass is 9.63. The van der Waals surface area contributed by atoms with Gasteiger partial charge in [0.15, 0.2) is 11.6 Å². The van der Waals surface area contributed by atoms with Crippen LogP contribution >= 0.6 is 0 Å². The van der Waals surface area contributed by atoms with E-state index in [2.05, 4.69) is 11.1 Å². The first-order valence-corrected chi connectivity index (χ1v) is 9.84. The summed E-state index contributed by atoms with van der Waals surface area (Å²) >= 11 is 0. The van der Waals surface area contributed by atoms with Crippen molar-refractivity contribution >= 4 is 5.65 Å². The summed E-state index contributed by atoms with van der Waals surface area (Å²) in [5.41, 5.74) is 2.33. The average Bonchev–Trinajstić information content (AvgIpc) is 3.23. The number of benzene rings is 1. The van der Waals surface area contributed by atoms with Crippen molar-refractivity contribution in [3.05, 3.63) is 66.1 Å². The van der Waals surface area contributed by atoms with E-state index in [4.69, 9.17) is 9.72 Å². The minimum Gasteiger partial charge on any atom is -0.493 e. The second-order valence-electron chi connectivity index (χ2n) is 8.17. The highest BCUT2D eigenvalue weighted by molar-refractivity contribution is 5.39. The van der Waals surface area contributed by atoms with Crippen molar-refractivity contribution < 1.29 is 13.5 Å². The molecule has 0 bridgehead atoms. The smallest absolute Gasteiger partial charge is 0.162 e. The van der Waals surface area contributed by atoms with Crippen LogP contribution in [0.3, 0.4) is 0 Å². The molecule has 1 unspecified atom stereocenters. The molecule has 1 aromatic carbocycles. The largest absolute Gasteiger partial charge is 0.493 e. The molecule has 2 aliphatic rings. The molecule has 28 heavy (non-hydrogen) atoms. The van der Waals surface area contributed by atoms with E-state index in [1.807, 2.05) is 28.8 Å². The maximum absolute atomic E-state index is 13.4. The molecule has 1 aliphatic carbocycles. The third kappa shape index (κ3) is 3.15. The Balaban J connectivity index is 1.27. The molecule has 146 valence electrons. The van der Waals surface area contributed by atoms with Crippen LogP contribution in [0, 0.1) is 23.0 Å². The molecule has 0 N–H and O–H groups in total. The number of ether oxygens (including phenoxy) is 1. The fraction of sp³-hybridized carbons (Fsp3) is 0.409. The van der Waals surface area contributed by atoms with E-state index >= 15 is 0 Å². The molecule has 0 amide bonds. The van der Waals surface area contributed by atoms with Crippen molar-refractivity contribution in [1.82, 2.24) is 14.3 Å². The number of aromatic nitrogens is 2. The van der Waals surface area contributed by atoms with E-state index in [0.29, 0.717) is 18.3 Å². The van der Waals surface area contributed by atoms with Gasteiger partial charge in [0, 0.05) is 44.0 Å². The highest BCUT2D eigenvalue weighted by atomic mass is 19.2.